The van der Waals surface area contributed by atoms with Crippen molar-refractivity contribution in [3.8, 4) is 5.75 Å². The molecule has 1 heterocycles. The quantitative estimate of drug-likeness (QED) is 0.345. The Hall–Kier alpha value is -2.37. The number of ether oxygens (including phenoxy) is 1. The molecule has 2 rings (SSSR count). The van der Waals surface area contributed by atoms with Crippen LogP contribution < -0.4 is 4.74 Å². The van der Waals surface area contributed by atoms with Crippen LogP contribution in [0.2, 0.25) is 0 Å². The van der Waals surface area contributed by atoms with Crippen molar-refractivity contribution in [1.29, 1.82) is 0 Å². The highest BCUT2D eigenvalue weighted by Crippen LogP contribution is 2.31. The summed E-state index contributed by atoms with van der Waals surface area (Å²) in [5, 5.41) is 11.6. The fraction of sp³-hybridized carbons (Fsp3) is 0.182. The van der Waals surface area contributed by atoms with Crippen molar-refractivity contribution in [3.63, 3.8) is 0 Å². The number of aromatic nitrogens is 1. The minimum absolute atomic E-state index is 0.0775. The molecule has 0 spiro atoms. The van der Waals surface area contributed by atoms with Crippen LogP contribution in [0.15, 0.2) is 24.4 Å². The second kappa shape index (κ2) is 3.89. The van der Waals surface area contributed by atoms with Crippen LogP contribution in [0.3, 0.4) is 0 Å². The molecule has 0 aliphatic heterocycles. The zero-order chi connectivity index (χ0) is 12.6. The van der Waals surface area contributed by atoms with E-state index in [1.165, 1.54) is 13.0 Å². The van der Waals surface area contributed by atoms with Gasteiger partial charge in [0, 0.05) is 25.6 Å². The average molecular weight is 234 g/mol. The summed E-state index contributed by atoms with van der Waals surface area (Å²) in [7, 11) is 1.72. The van der Waals surface area contributed by atoms with Crippen LogP contribution in [-0.2, 0) is 11.8 Å². The number of nitro groups is 1. The smallest absolute Gasteiger partial charge is 0.308 e. The second-order valence-electron chi connectivity index (χ2n) is 3.66. The van der Waals surface area contributed by atoms with E-state index in [-0.39, 0.29) is 11.4 Å². The van der Waals surface area contributed by atoms with Crippen LogP contribution >= 0.6 is 0 Å². The van der Waals surface area contributed by atoms with Crippen LogP contribution in [0.4, 0.5) is 5.69 Å². The highest BCUT2D eigenvalue weighted by Gasteiger charge is 2.17. The lowest BCUT2D eigenvalue weighted by Gasteiger charge is -2.03. The van der Waals surface area contributed by atoms with E-state index in [1.807, 2.05) is 0 Å². The lowest BCUT2D eigenvalue weighted by Crippen LogP contribution is -2.02. The highest BCUT2D eigenvalue weighted by molar-refractivity contribution is 5.90. The molecule has 0 aliphatic rings. The number of non-ortho nitro benzene ring substituents is 1. The fourth-order valence-electron chi connectivity index (χ4n) is 1.76. The third kappa shape index (κ3) is 1.96. The van der Waals surface area contributed by atoms with Gasteiger partial charge in [0.2, 0.25) is 0 Å². The van der Waals surface area contributed by atoms with E-state index in [0.717, 1.165) is 0 Å². The second-order valence-corrected chi connectivity index (χ2v) is 3.66. The molecular weight excluding hydrogens is 224 g/mol. The van der Waals surface area contributed by atoms with Gasteiger partial charge in [-0.1, -0.05) is 0 Å². The van der Waals surface area contributed by atoms with Gasteiger partial charge < -0.3 is 9.30 Å². The molecule has 0 amide bonds. The molecule has 0 fully saturated rings. The number of rotatable bonds is 2. The first-order valence-corrected chi connectivity index (χ1v) is 4.91. The zero-order valence-electron chi connectivity index (χ0n) is 9.34. The summed E-state index contributed by atoms with van der Waals surface area (Å²) in [6.45, 7) is 1.25. The highest BCUT2D eigenvalue weighted by atomic mass is 16.6. The van der Waals surface area contributed by atoms with Gasteiger partial charge in [-0.05, 0) is 12.1 Å². The third-order valence-electron chi connectivity index (χ3n) is 2.38. The summed E-state index contributed by atoms with van der Waals surface area (Å²) in [6.07, 6.45) is 1.72. The molecule has 6 heteroatoms. The van der Waals surface area contributed by atoms with Crippen molar-refractivity contribution in [2.45, 2.75) is 6.92 Å². The van der Waals surface area contributed by atoms with E-state index < -0.39 is 10.9 Å². The average Bonchev–Trinajstić information content (AvgIpc) is 2.58. The Kier molecular flexibility index (Phi) is 2.55. The Morgan fingerprint density at radius 2 is 2.18 bits per heavy atom. The number of carbonyl (C=O) groups is 1. The van der Waals surface area contributed by atoms with Gasteiger partial charge in [-0.25, -0.2) is 0 Å². The van der Waals surface area contributed by atoms with Crippen molar-refractivity contribution >= 4 is 22.6 Å². The van der Waals surface area contributed by atoms with Crippen molar-refractivity contribution < 1.29 is 14.5 Å². The molecule has 88 valence electrons. The number of nitrogens with zero attached hydrogens (tertiary/aromatic N) is 2. The Morgan fingerprint density at radius 3 is 2.76 bits per heavy atom. The number of nitro benzene ring substituents is 1. The minimum Gasteiger partial charge on any atom is -0.426 e. The Morgan fingerprint density at radius 1 is 1.47 bits per heavy atom. The monoisotopic (exact) mass is 234 g/mol. The molecular formula is C11H10N2O4. The predicted molar refractivity (Wildman–Crippen MR) is 60.9 cm³/mol. The van der Waals surface area contributed by atoms with E-state index in [1.54, 1.807) is 29.9 Å². The summed E-state index contributed by atoms with van der Waals surface area (Å²) in [5.74, 6) is -0.322. The molecule has 0 bridgehead atoms. The molecule has 0 aliphatic carbocycles. The van der Waals surface area contributed by atoms with Crippen molar-refractivity contribution in [2.75, 3.05) is 0 Å². The topological polar surface area (TPSA) is 74.4 Å². The van der Waals surface area contributed by atoms with Gasteiger partial charge in [0.15, 0.2) is 0 Å². The number of carbonyl (C=O) groups excluding carboxylic acids is 1. The first-order chi connectivity index (χ1) is 7.99. The molecule has 0 saturated carbocycles. The molecule has 0 N–H and O–H groups in total. The normalized spacial score (nSPS) is 10.5. The molecule has 0 saturated heterocycles. The van der Waals surface area contributed by atoms with E-state index in [2.05, 4.69) is 0 Å². The first kappa shape index (κ1) is 11.1. The Balaban J connectivity index is 2.68. The summed E-state index contributed by atoms with van der Waals surface area (Å²) in [4.78, 5) is 21.3. The molecule has 1 aromatic carbocycles. The molecule has 6 nitrogen and oxygen atoms in total. The van der Waals surface area contributed by atoms with Crippen molar-refractivity contribution in [1.82, 2.24) is 4.57 Å². The van der Waals surface area contributed by atoms with Gasteiger partial charge in [0.1, 0.15) is 11.3 Å². The molecule has 17 heavy (non-hydrogen) atoms. The fourth-order valence-corrected chi connectivity index (χ4v) is 1.76. The molecule has 0 radical (unpaired) electrons. The minimum atomic E-state index is -0.505. The summed E-state index contributed by atoms with van der Waals surface area (Å²) < 4.78 is 6.53. The van der Waals surface area contributed by atoms with E-state index in [9.17, 15) is 14.9 Å². The number of benzene rings is 1. The van der Waals surface area contributed by atoms with Crippen molar-refractivity contribution in [2.24, 2.45) is 7.05 Å². The lowest BCUT2D eigenvalue weighted by atomic mass is 10.2. The van der Waals surface area contributed by atoms with Gasteiger partial charge in [-0.3, -0.25) is 14.9 Å². The maximum Gasteiger partial charge on any atom is 0.308 e. The number of esters is 1. The van der Waals surface area contributed by atoms with E-state index in [4.69, 9.17) is 4.74 Å². The maximum atomic E-state index is 11.0. The molecule has 1 aromatic heterocycles. The molecule has 0 unspecified atom stereocenters. The number of fused-ring (bicyclic) bond motifs is 1. The Bertz CT molecular complexity index is 615. The van der Waals surface area contributed by atoms with Gasteiger partial charge in [-0.15, -0.1) is 0 Å². The van der Waals surface area contributed by atoms with Gasteiger partial charge in [-0.2, -0.15) is 0 Å². The Labute approximate surface area is 96.6 Å². The maximum absolute atomic E-state index is 11.0. The summed E-state index contributed by atoms with van der Waals surface area (Å²) >= 11 is 0. The number of aryl methyl sites for hydroxylation is 1. The van der Waals surface area contributed by atoms with Crippen LogP contribution in [0, 0.1) is 10.1 Å². The van der Waals surface area contributed by atoms with Crippen LogP contribution in [-0.4, -0.2) is 15.5 Å². The van der Waals surface area contributed by atoms with Gasteiger partial charge in [0.05, 0.1) is 11.0 Å². The molecule has 0 atom stereocenters. The van der Waals surface area contributed by atoms with E-state index in [0.29, 0.717) is 10.9 Å². The first-order valence-electron chi connectivity index (χ1n) is 4.91. The number of hydrogen-bond donors (Lipinski definition) is 0. The van der Waals surface area contributed by atoms with Crippen LogP contribution in [0.5, 0.6) is 5.75 Å². The predicted octanol–water partition coefficient (Wildman–Crippen LogP) is 2.01. The van der Waals surface area contributed by atoms with Crippen molar-refractivity contribution in [3.05, 3.63) is 34.5 Å². The zero-order valence-corrected chi connectivity index (χ0v) is 9.34. The van der Waals surface area contributed by atoms with Crippen LogP contribution in [0.1, 0.15) is 6.92 Å². The third-order valence-corrected chi connectivity index (χ3v) is 2.38. The molecule has 2 aromatic rings. The standard InChI is InChI=1S/C11H10N2O4/c1-7(14)17-9-5-8-3-4-12(2)11(8)10(6-9)13(15)16/h3-6H,1-2H3. The van der Waals surface area contributed by atoms with E-state index >= 15 is 0 Å². The van der Waals surface area contributed by atoms with Gasteiger partial charge in [0.25, 0.3) is 5.69 Å². The largest absolute Gasteiger partial charge is 0.426 e. The van der Waals surface area contributed by atoms with Crippen LogP contribution in [0.25, 0.3) is 10.9 Å². The van der Waals surface area contributed by atoms with Gasteiger partial charge >= 0.3 is 5.97 Å². The number of hydrogen-bond acceptors (Lipinski definition) is 4. The summed E-state index contributed by atoms with van der Waals surface area (Å²) in [5.41, 5.74) is 0.428. The summed E-state index contributed by atoms with van der Waals surface area (Å²) in [6, 6.07) is 4.59. The lowest BCUT2D eigenvalue weighted by molar-refractivity contribution is -0.383. The SMILES string of the molecule is CC(=O)Oc1cc([N+](=O)[O-])c2c(ccn2C)c1.